The molecule has 0 fully saturated rings. The van der Waals surface area contributed by atoms with Crippen LogP contribution in [0.5, 0.6) is 0 Å². The standard InChI is InChI=1S/C15H14N4O2/c1-11(13-3-2-8-21-13)18-15(20)12-4-5-14(17-9-12)19-7-6-16-10-19/h2-11H,1H3,(H,18,20)/t11-/m0/s1. The highest BCUT2D eigenvalue weighted by Crippen LogP contribution is 2.13. The van der Waals surface area contributed by atoms with Crippen molar-refractivity contribution in [3.05, 3.63) is 66.8 Å². The van der Waals surface area contributed by atoms with Crippen molar-refractivity contribution in [2.24, 2.45) is 0 Å². The van der Waals surface area contributed by atoms with Crippen molar-refractivity contribution in [3.8, 4) is 5.82 Å². The van der Waals surface area contributed by atoms with Crippen molar-refractivity contribution < 1.29 is 9.21 Å². The highest BCUT2D eigenvalue weighted by molar-refractivity contribution is 5.94. The molecule has 0 spiro atoms. The molecular weight excluding hydrogens is 268 g/mol. The van der Waals surface area contributed by atoms with Gasteiger partial charge in [0.25, 0.3) is 5.91 Å². The minimum atomic E-state index is -0.194. The fourth-order valence-corrected chi connectivity index (χ4v) is 1.96. The lowest BCUT2D eigenvalue weighted by Crippen LogP contribution is -2.26. The molecule has 0 aliphatic carbocycles. The van der Waals surface area contributed by atoms with Gasteiger partial charge in [-0.05, 0) is 31.2 Å². The summed E-state index contributed by atoms with van der Waals surface area (Å²) in [7, 11) is 0. The number of hydrogen-bond donors (Lipinski definition) is 1. The van der Waals surface area contributed by atoms with Gasteiger partial charge < -0.3 is 9.73 Å². The van der Waals surface area contributed by atoms with Gasteiger partial charge in [0.2, 0.25) is 0 Å². The van der Waals surface area contributed by atoms with Crippen molar-refractivity contribution in [3.63, 3.8) is 0 Å². The van der Waals surface area contributed by atoms with E-state index in [1.165, 1.54) is 0 Å². The van der Waals surface area contributed by atoms with Crippen LogP contribution in [0.1, 0.15) is 29.1 Å². The number of imidazole rings is 1. The van der Waals surface area contributed by atoms with Gasteiger partial charge in [-0.3, -0.25) is 9.36 Å². The predicted molar refractivity (Wildman–Crippen MR) is 75.9 cm³/mol. The maximum Gasteiger partial charge on any atom is 0.253 e. The molecule has 3 rings (SSSR count). The van der Waals surface area contributed by atoms with Crippen LogP contribution in [-0.2, 0) is 0 Å². The molecule has 106 valence electrons. The summed E-state index contributed by atoms with van der Waals surface area (Å²) in [5, 5.41) is 2.86. The summed E-state index contributed by atoms with van der Waals surface area (Å²) in [6.45, 7) is 1.87. The second-order valence-electron chi connectivity index (χ2n) is 4.59. The second-order valence-corrected chi connectivity index (χ2v) is 4.59. The zero-order valence-electron chi connectivity index (χ0n) is 11.4. The van der Waals surface area contributed by atoms with Crippen LogP contribution in [0.15, 0.2) is 59.9 Å². The molecule has 3 aromatic rings. The smallest absolute Gasteiger partial charge is 0.253 e. The van der Waals surface area contributed by atoms with Crippen molar-refractivity contribution in [2.75, 3.05) is 0 Å². The Bertz CT molecular complexity index is 703. The van der Waals surface area contributed by atoms with Gasteiger partial charge >= 0.3 is 0 Å². The van der Waals surface area contributed by atoms with Gasteiger partial charge in [0.15, 0.2) is 0 Å². The molecule has 0 bridgehead atoms. The van der Waals surface area contributed by atoms with Gasteiger partial charge in [-0.15, -0.1) is 0 Å². The zero-order chi connectivity index (χ0) is 14.7. The van der Waals surface area contributed by atoms with Gasteiger partial charge in [-0.1, -0.05) is 0 Å². The molecule has 0 unspecified atom stereocenters. The summed E-state index contributed by atoms with van der Waals surface area (Å²) in [6, 6.07) is 6.92. The summed E-state index contributed by atoms with van der Waals surface area (Å²) >= 11 is 0. The molecule has 0 aliphatic heterocycles. The molecule has 0 aromatic carbocycles. The first-order valence-corrected chi connectivity index (χ1v) is 6.52. The van der Waals surface area contributed by atoms with Crippen molar-refractivity contribution in [1.29, 1.82) is 0 Å². The Balaban J connectivity index is 1.70. The van der Waals surface area contributed by atoms with E-state index in [9.17, 15) is 4.79 Å². The average molecular weight is 282 g/mol. The van der Waals surface area contributed by atoms with Crippen LogP contribution in [0.4, 0.5) is 0 Å². The van der Waals surface area contributed by atoms with Crippen LogP contribution in [-0.4, -0.2) is 20.4 Å². The van der Waals surface area contributed by atoms with Crippen LogP contribution < -0.4 is 5.32 Å². The van der Waals surface area contributed by atoms with Gasteiger partial charge in [-0.2, -0.15) is 0 Å². The summed E-state index contributed by atoms with van der Waals surface area (Å²) in [5.41, 5.74) is 0.497. The Labute approximate surface area is 121 Å². The Morgan fingerprint density at radius 1 is 1.38 bits per heavy atom. The Morgan fingerprint density at radius 2 is 2.29 bits per heavy atom. The molecule has 0 saturated heterocycles. The number of furan rings is 1. The first-order chi connectivity index (χ1) is 10.2. The van der Waals surface area contributed by atoms with Crippen LogP contribution in [0.25, 0.3) is 5.82 Å². The number of carbonyl (C=O) groups excluding carboxylic acids is 1. The number of amides is 1. The summed E-state index contributed by atoms with van der Waals surface area (Å²) in [4.78, 5) is 20.3. The molecule has 21 heavy (non-hydrogen) atoms. The fraction of sp³-hybridized carbons (Fsp3) is 0.133. The third-order valence-corrected chi connectivity index (χ3v) is 3.10. The van der Waals surface area contributed by atoms with E-state index in [0.29, 0.717) is 17.1 Å². The Kier molecular flexibility index (Phi) is 3.51. The lowest BCUT2D eigenvalue weighted by Gasteiger charge is -2.11. The molecule has 0 radical (unpaired) electrons. The van der Waals surface area contributed by atoms with Crippen LogP contribution >= 0.6 is 0 Å². The lowest BCUT2D eigenvalue weighted by molar-refractivity contribution is 0.0935. The average Bonchev–Trinajstić information content (AvgIpc) is 3.20. The van der Waals surface area contributed by atoms with Crippen molar-refractivity contribution in [2.45, 2.75) is 13.0 Å². The van der Waals surface area contributed by atoms with E-state index in [1.807, 2.05) is 13.0 Å². The van der Waals surface area contributed by atoms with Crippen molar-refractivity contribution in [1.82, 2.24) is 19.9 Å². The fourth-order valence-electron chi connectivity index (χ4n) is 1.96. The number of nitrogens with one attached hydrogen (secondary N) is 1. The topological polar surface area (TPSA) is 73.0 Å². The first-order valence-electron chi connectivity index (χ1n) is 6.52. The summed E-state index contributed by atoms with van der Waals surface area (Å²) in [5.74, 6) is 1.23. The third-order valence-electron chi connectivity index (χ3n) is 3.10. The molecule has 6 heteroatoms. The van der Waals surface area contributed by atoms with E-state index < -0.39 is 0 Å². The predicted octanol–water partition coefficient (Wildman–Crippen LogP) is 2.35. The van der Waals surface area contributed by atoms with E-state index in [2.05, 4.69) is 15.3 Å². The van der Waals surface area contributed by atoms with Gasteiger partial charge in [-0.25, -0.2) is 9.97 Å². The molecule has 6 nitrogen and oxygen atoms in total. The van der Waals surface area contributed by atoms with Gasteiger partial charge in [0, 0.05) is 18.6 Å². The number of rotatable bonds is 4. The summed E-state index contributed by atoms with van der Waals surface area (Å²) < 4.78 is 7.03. The molecular formula is C15H14N4O2. The highest BCUT2D eigenvalue weighted by atomic mass is 16.3. The van der Waals surface area contributed by atoms with Crippen molar-refractivity contribution >= 4 is 5.91 Å². The van der Waals surface area contributed by atoms with Gasteiger partial charge in [0.05, 0.1) is 17.9 Å². The summed E-state index contributed by atoms with van der Waals surface area (Å²) in [6.07, 6.45) is 8.24. The zero-order valence-corrected chi connectivity index (χ0v) is 11.4. The van der Waals surface area contributed by atoms with E-state index >= 15 is 0 Å². The molecule has 1 amide bonds. The number of aromatic nitrogens is 3. The normalized spacial score (nSPS) is 12.0. The van der Waals surface area contributed by atoms with E-state index in [4.69, 9.17) is 4.42 Å². The van der Waals surface area contributed by atoms with E-state index in [-0.39, 0.29) is 11.9 Å². The van der Waals surface area contributed by atoms with Crippen LogP contribution in [0.2, 0.25) is 0 Å². The highest BCUT2D eigenvalue weighted by Gasteiger charge is 2.13. The van der Waals surface area contributed by atoms with Gasteiger partial charge in [0.1, 0.15) is 17.9 Å². The number of hydrogen-bond acceptors (Lipinski definition) is 4. The minimum Gasteiger partial charge on any atom is -0.467 e. The second kappa shape index (κ2) is 5.62. The van der Waals surface area contributed by atoms with E-state index in [0.717, 1.165) is 0 Å². The molecule has 3 aromatic heterocycles. The van der Waals surface area contributed by atoms with Crippen LogP contribution in [0.3, 0.4) is 0 Å². The quantitative estimate of drug-likeness (QED) is 0.797. The lowest BCUT2D eigenvalue weighted by atomic mass is 10.2. The number of nitrogens with zero attached hydrogens (tertiary/aromatic N) is 3. The van der Waals surface area contributed by atoms with Crippen LogP contribution in [0, 0.1) is 0 Å². The number of pyridine rings is 1. The largest absolute Gasteiger partial charge is 0.467 e. The third kappa shape index (κ3) is 2.84. The maximum atomic E-state index is 12.1. The molecule has 1 atom stereocenters. The molecule has 1 N–H and O–H groups in total. The Morgan fingerprint density at radius 3 is 2.90 bits per heavy atom. The molecule has 0 saturated carbocycles. The Hall–Kier alpha value is -2.89. The molecule has 0 aliphatic rings. The minimum absolute atomic E-state index is 0.191. The SMILES string of the molecule is C[C@H](NC(=O)c1ccc(-n2ccnc2)nc1)c1ccco1. The number of carbonyl (C=O) groups is 1. The van der Waals surface area contributed by atoms with E-state index in [1.54, 1.807) is 53.9 Å². The monoisotopic (exact) mass is 282 g/mol. The maximum absolute atomic E-state index is 12.1. The first kappa shape index (κ1) is 13.1. The molecule has 3 heterocycles.